The van der Waals surface area contributed by atoms with Gasteiger partial charge in [-0.15, -0.1) is 0 Å². The number of hydrogen-bond acceptors (Lipinski definition) is 4. The highest BCUT2D eigenvalue weighted by molar-refractivity contribution is 7.07. The Kier molecular flexibility index (Phi) is 3.45. The van der Waals surface area contributed by atoms with Gasteiger partial charge in [-0.25, -0.2) is 4.79 Å². The first kappa shape index (κ1) is 13.4. The number of carboxylic acid groups (broad SMARTS) is 1. The molecule has 0 fully saturated rings. The topological polar surface area (TPSA) is 82.2 Å². The van der Waals surface area contributed by atoms with Crippen LogP contribution in [0.15, 0.2) is 46.6 Å². The van der Waals surface area contributed by atoms with Crippen LogP contribution in [0.2, 0.25) is 0 Å². The fourth-order valence-corrected chi connectivity index (χ4v) is 2.81. The average Bonchev–Trinajstić information content (AvgIpc) is 2.90. The molecule has 0 atom stereocenters. The lowest BCUT2D eigenvalue weighted by molar-refractivity contribution is 0.0699. The predicted molar refractivity (Wildman–Crippen MR) is 83.2 cm³/mol. The highest BCUT2D eigenvalue weighted by atomic mass is 32.1. The molecule has 0 saturated heterocycles. The second-order valence-electron chi connectivity index (χ2n) is 4.54. The molecule has 3 aromatic rings. The van der Waals surface area contributed by atoms with Crippen LogP contribution in [0.1, 0.15) is 16.1 Å². The molecule has 0 aliphatic heterocycles. The highest BCUT2D eigenvalue weighted by Gasteiger charge is 2.10. The van der Waals surface area contributed by atoms with E-state index in [2.05, 4.69) is 10.3 Å². The van der Waals surface area contributed by atoms with Crippen LogP contribution < -0.4 is 10.2 Å². The van der Waals surface area contributed by atoms with Crippen molar-refractivity contribution in [2.24, 2.45) is 0 Å². The molecule has 1 aromatic heterocycles. The molecule has 106 valence electrons. The number of aromatic nitrogens is 1. The zero-order valence-electron chi connectivity index (χ0n) is 10.9. The molecule has 6 heteroatoms. The first-order valence-electron chi connectivity index (χ1n) is 6.31. The number of thiazole rings is 1. The number of rotatable bonds is 4. The van der Waals surface area contributed by atoms with Gasteiger partial charge in [0.2, 0.25) is 0 Å². The van der Waals surface area contributed by atoms with Crippen molar-refractivity contribution in [1.29, 1.82) is 0 Å². The van der Waals surface area contributed by atoms with Crippen LogP contribution in [0.4, 0.5) is 5.69 Å². The number of carbonyl (C=O) groups is 1. The highest BCUT2D eigenvalue weighted by Crippen LogP contribution is 2.27. The van der Waals surface area contributed by atoms with E-state index in [1.165, 1.54) is 0 Å². The van der Waals surface area contributed by atoms with Gasteiger partial charge in [0.25, 0.3) is 0 Å². The van der Waals surface area contributed by atoms with Crippen molar-refractivity contribution < 1.29 is 9.90 Å². The van der Waals surface area contributed by atoms with Crippen molar-refractivity contribution in [3.05, 3.63) is 62.7 Å². The van der Waals surface area contributed by atoms with Gasteiger partial charge >= 0.3 is 10.8 Å². The SMILES string of the molecule is O=C(O)c1ccc(NCc2csc(=O)[nH]2)c2ccccc12. The number of H-pyrrole nitrogens is 1. The van der Waals surface area contributed by atoms with Crippen molar-refractivity contribution in [3.8, 4) is 0 Å². The van der Waals surface area contributed by atoms with E-state index in [0.29, 0.717) is 11.9 Å². The van der Waals surface area contributed by atoms with Gasteiger partial charge in [-0.1, -0.05) is 35.6 Å². The summed E-state index contributed by atoms with van der Waals surface area (Å²) < 4.78 is 0. The van der Waals surface area contributed by atoms with Crippen molar-refractivity contribution in [2.75, 3.05) is 5.32 Å². The zero-order valence-corrected chi connectivity index (χ0v) is 11.7. The fourth-order valence-electron chi connectivity index (χ4n) is 2.23. The number of benzene rings is 2. The Hall–Kier alpha value is -2.60. The normalized spacial score (nSPS) is 10.7. The smallest absolute Gasteiger partial charge is 0.336 e. The summed E-state index contributed by atoms with van der Waals surface area (Å²) in [6.45, 7) is 0.481. The lowest BCUT2D eigenvalue weighted by atomic mass is 10.0. The molecule has 0 saturated carbocycles. The molecule has 0 unspecified atom stereocenters. The van der Waals surface area contributed by atoms with Gasteiger partial charge in [0.1, 0.15) is 0 Å². The van der Waals surface area contributed by atoms with Crippen LogP contribution >= 0.6 is 11.3 Å². The minimum atomic E-state index is -0.945. The van der Waals surface area contributed by atoms with E-state index in [1.807, 2.05) is 18.2 Å². The molecule has 0 spiro atoms. The fraction of sp³-hybridized carbons (Fsp3) is 0.0667. The Morgan fingerprint density at radius 3 is 2.62 bits per heavy atom. The van der Waals surface area contributed by atoms with Gasteiger partial charge in [0, 0.05) is 22.1 Å². The Bertz CT molecular complexity index is 866. The number of aromatic amines is 1. The molecule has 0 bridgehead atoms. The lowest BCUT2D eigenvalue weighted by Gasteiger charge is -2.10. The molecular weight excluding hydrogens is 288 g/mol. The summed E-state index contributed by atoms with van der Waals surface area (Å²) in [5, 5.41) is 15.8. The van der Waals surface area contributed by atoms with Crippen LogP contribution in [0.3, 0.4) is 0 Å². The maximum Gasteiger partial charge on any atom is 0.336 e. The summed E-state index contributed by atoms with van der Waals surface area (Å²) in [6, 6.07) is 10.7. The molecular formula is C15H12N2O3S. The van der Waals surface area contributed by atoms with E-state index in [4.69, 9.17) is 0 Å². The lowest BCUT2D eigenvalue weighted by Crippen LogP contribution is -2.04. The van der Waals surface area contributed by atoms with Gasteiger partial charge in [0.05, 0.1) is 12.1 Å². The maximum atomic E-state index is 11.2. The van der Waals surface area contributed by atoms with Crippen molar-refractivity contribution in [1.82, 2.24) is 4.98 Å². The number of carboxylic acids is 1. The zero-order chi connectivity index (χ0) is 14.8. The monoisotopic (exact) mass is 300 g/mol. The van der Waals surface area contributed by atoms with E-state index < -0.39 is 5.97 Å². The van der Waals surface area contributed by atoms with Crippen LogP contribution in [-0.4, -0.2) is 16.1 Å². The summed E-state index contributed by atoms with van der Waals surface area (Å²) in [6.07, 6.45) is 0. The van der Waals surface area contributed by atoms with Gasteiger partial charge < -0.3 is 15.4 Å². The molecule has 3 rings (SSSR count). The molecule has 1 heterocycles. The van der Waals surface area contributed by atoms with Crippen molar-refractivity contribution >= 4 is 33.8 Å². The number of nitrogens with one attached hydrogen (secondary N) is 2. The standard InChI is InChI=1S/C15H12N2O3S/c18-14(19)12-5-6-13(11-4-2-1-3-10(11)12)16-7-9-8-21-15(20)17-9/h1-6,8,16H,7H2,(H,17,20)(H,18,19). The predicted octanol–water partition coefficient (Wildman–Crippen LogP) is 2.90. The first-order chi connectivity index (χ1) is 10.1. The van der Waals surface area contributed by atoms with Crippen molar-refractivity contribution in [2.45, 2.75) is 6.54 Å². The van der Waals surface area contributed by atoms with Crippen LogP contribution in [0.25, 0.3) is 10.8 Å². The van der Waals surface area contributed by atoms with Gasteiger partial charge in [-0.3, -0.25) is 4.79 Å². The molecule has 5 nitrogen and oxygen atoms in total. The molecule has 0 amide bonds. The molecule has 0 aliphatic rings. The number of fused-ring (bicyclic) bond motifs is 1. The van der Waals surface area contributed by atoms with E-state index in [9.17, 15) is 14.7 Å². The summed E-state index contributed by atoms with van der Waals surface area (Å²) in [5.74, 6) is -0.945. The third-order valence-corrected chi connectivity index (χ3v) is 3.91. The minimum Gasteiger partial charge on any atom is -0.478 e. The van der Waals surface area contributed by atoms with E-state index in [1.54, 1.807) is 23.6 Å². The average molecular weight is 300 g/mol. The molecule has 0 aliphatic carbocycles. The van der Waals surface area contributed by atoms with E-state index in [-0.39, 0.29) is 10.4 Å². The molecule has 21 heavy (non-hydrogen) atoms. The molecule has 3 N–H and O–H groups in total. The van der Waals surface area contributed by atoms with E-state index in [0.717, 1.165) is 28.1 Å². The second kappa shape index (κ2) is 5.41. The Labute approximate surface area is 123 Å². The van der Waals surface area contributed by atoms with Gasteiger partial charge in [-0.2, -0.15) is 0 Å². The van der Waals surface area contributed by atoms with Gasteiger partial charge in [0.15, 0.2) is 0 Å². The Morgan fingerprint density at radius 1 is 1.19 bits per heavy atom. The molecule has 2 aromatic carbocycles. The van der Waals surface area contributed by atoms with Crippen LogP contribution in [0, 0.1) is 0 Å². The summed E-state index contributed by atoms with van der Waals surface area (Å²) >= 11 is 1.12. The van der Waals surface area contributed by atoms with Gasteiger partial charge in [-0.05, 0) is 17.5 Å². The quantitative estimate of drug-likeness (QED) is 0.692. The van der Waals surface area contributed by atoms with Crippen molar-refractivity contribution in [3.63, 3.8) is 0 Å². The van der Waals surface area contributed by atoms with Crippen LogP contribution in [0.5, 0.6) is 0 Å². The minimum absolute atomic E-state index is 0.0853. The third kappa shape index (κ3) is 2.66. The Balaban J connectivity index is 1.97. The maximum absolute atomic E-state index is 11.2. The summed E-state index contributed by atoms with van der Waals surface area (Å²) in [5.41, 5.74) is 1.92. The number of hydrogen-bond donors (Lipinski definition) is 3. The van der Waals surface area contributed by atoms with E-state index >= 15 is 0 Å². The number of anilines is 1. The largest absolute Gasteiger partial charge is 0.478 e. The summed E-state index contributed by atoms with van der Waals surface area (Å²) in [7, 11) is 0. The number of aromatic carboxylic acids is 1. The molecule has 0 radical (unpaired) electrons. The first-order valence-corrected chi connectivity index (χ1v) is 7.19. The summed E-state index contributed by atoms with van der Waals surface area (Å²) in [4.78, 5) is 25.0. The Morgan fingerprint density at radius 2 is 1.95 bits per heavy atom. The van der Waals surface area contributed by atoms with Crippen LogP contribution in [-0.2, 0) is 6.54 Å². The second-order valence-corrected chi connectivity index (χ2v) is 5.38. The third-order valence-electron chi connectivity index (χ3n) is 3.19.